The molecule has 0 N–H and O–H groups in total. The van der Waals surface area contributed by atoms with Gasteiger partial charge in [-0.25, -0.2) is 4.39 Å². The third-order valence-corrected chi connectivity index (χ3v) is 6.33. The van der Waals surface area contributed by atoms with E-state index >= 15 is 0 Å². The fourth-order valence-electron chi connectivity index (χ4n) is 3.22. The molecule has 164 valence electrons. The van der Waals surface area contributed by atoms with Gasteiger partial charge in [0, 0.05) is 18.7 Å². The molecule has 7 heteroatoms. The molecule has 3 aromatic rings. The number of rotatable bonds is 8. The van der Waals surface area contributed by atoms with Crippen LogP contribution in [0, 0.1) is 5.82 Å². The molecule has 0 spiro atoms. The van der Waals surface area contributed by atoms with Crippen LogP contribution in [0.25, 0.3) is 6.08 Å². The molecule has 0 atom stereocenters. The number of hydrogen-bond acceptors (Lipinski definition) is 4. The molecule has 0 aromatic heterocycles. The Bertz CT molecular complexity index is 1200. The van der Waals surface area contributed by atoms with Gasteiger partial charge >= 0.3 is 10.1 Å². The molecule has 1 amide bonds. The van der Waals surface area contributed by atoms with Crippen molar-refractivity contribution in [3.05, 3.63) is 102 Å². The molecule has 0 bridgehead atoms. The van der Waals surface area contributed by atoms with E-state index in [-0.39, 0.29) is 22.6 Å². The lowest BCUT2D eigenvalue weighted by Crippen LogP contribution is -2.31. The number of carbonyl (C=O) groups is 1. The normalized spacial score (nSPS) is 13.8. The Labute approximate surface area is 186 Å². The zero-order chi connectivity index (χ0) is 22.6. The Morgan fingerprint density at radius 2 is 1.62 bits per heavy atom. The van der Waals surface area contributed by atoms with Gasteiger partial charge in [0.25, 0.3) is 0 Å². The summed E-state index contributed by atoms with van der Waals surface area (Å²) in [6, 6.07) is 20.9. The van der Waals surface area contributed by atoms with Gasteiger partial charge in [0.2, 0.25) is 5.91 Å². The molecular formula is C25H22FNO4S. The lowest BCUT2D eigenvalue weighted by atomic mass is 10.2. The highest BCUT2D eigenvalue weighted by Crippen LogP contribution is 2.29. The maximum Gasteiger partial charge on any atom is 0.339 e. The van der Waals surface area contributed by atoms with E-state index in [1.807, 2.05) is 35.2 Å². The first kappa shape index (κ1) is 21.8. The molecule has 1 fully saturated rings. The lowest BCUT2D eigenvalue weighted by Gasteiger charge is -2.21. The van der Waals surface area contributed by atoms with Crippen molar-refractivity contribution in [1.82, 2.24) is 4.90 Å². The summed E-state index contributed by atoms with van der Waals surface area (Å²) in [5, 5.41) is 0. The molecule has 0 saturated heterocycles. The third kappa shape index (κ3) is 5.62. The molecule has 3 aromatic carbocycles. The highest BCUT2D eigenvalue weighted by Gasteiger charge is 2.31. The molecule has 0 aliphatic heterocycles. The van der Waals surface area contributed by atoms with Gasteiger partial charge in [0.05, 0.1) is 0 Å². The van der Waals surface area contributed by atoms with Gasteiger partial charge in [-0.05, 0) is 66.4 Å². The van der Waals surface area contributed by atoms with Gasteiger partial charge in [-0.3, -0.25) is 4.79 Å². The lowest BCUT2D eigenvalue weighted by molar-refractivity contribution is -0.127. The van der Waals surface area contributed by atoms with Crippen molar-refractivity contribution in [2.75, 3.05) is 0 Å². The van der Waals surface area contributed by atoms with Crippen molar-refractivity contribution < 1.29 is 21.8 Å². The molecule has 5 nitrogen and oxygen atoms in total. The van der Waals surface area contributed by atoms with Gasteiger partial charge in [0.15, 0.2) is 0 Å². The summed E-state index contributed by atoms with van der Waals surface area (Å²) in [5.74, 6) is -0.441. The average Bonchev–Trinajstić information content (AvgIpc) is 3.63. The van der Waals surface area contributed by atoms with Gasteiger partial charge in [0.1, 0.15) is 16.5 Å². The van der Waals surface area contributed by atoms with Crippen LogP contribution in [0.4, 0.5) is 4.39 Å². The minimum Gasteiger partial charge on any atom is -0.379 e. The minimum absolute atomic E-state index is 0.0597. The predicted octanol–water partition coefficient (Wildman–Crippen LogP) is 4.80. The first-order valence-electron chi connectivity index (χ1n) is 10.2. The number of hydrogen-bond donors (Lipinski definition) is 0. The predicted molar refractivity (Wildman–Crippen MR) is 120 cm³/mol. The summed E-state index contributed by atoms with van der Waals surface area (Å²) in [5.41, 5.74) is 1.82. The van der Waals surface area contributed by atoms with Crippen molar-refractivity contribution in [3.63, 3.8) is 0 Å². The maximum atomic E-state index is 13.0. The van der Waals surface area contributed by atoms with E-state index in [4.69, 9.17) is 4.18 Å². The smallest absolute Gasteiger partial charge is 0.339 e. The second kappa shape index (κ2) is 9.36. The summed E-state index contributed by atoms with van der Waals surface area (Å²) in [6.07, 6.45) is 5.33. The fraction of sp³-hybridized carbons (Fsp3) is 0.160. The monoisotopic (exact) mass is 451 g/mol. The number of nitrogens with zero attached hydrogens (tertiary/aromatic N) is 1. The molecule has 1 aliphatic carbocycles. The second-order valence-electron chi connectivity index (χ2n) is 7.58. The van der Waals surface area contributed by atoms with E-state index in [0.29, 0.717) is 6.54 Å². The molecule has 0 unspecified atom stereocenters. The highest BCUT2D eigenvalue weighted by molar-refractivity contribution is 7.87. The molecule has 1 saturated carbocycles. The topological polar surface area (TPSA) is 63.7 Å². The molecular weight excluding hydrogens is 429 g/mol. The van der Waals surface area contributed by atoms with Crippen molar-refractivity contribution in [3.8, 4) is 5.75 Å². The Morgan fingerprint density at radius 1 is 0.969 bits per heavy atom. The van der Waals surface area contributed by atoms with Crippen molar-refractivity contribution in [2.45, 2.75) is 30.3 Å². The number of carbonyl (C=O) groups excluding carboxylic acids is 1. The van der Waals surface area contributed by atoms with Crippen molar-refractivity contribution >= 4 is 22.1 Å². The number of amides is 1. The first-order valence-corrected chi connectivity index (χ1v) is 11.6. The van der Waals surface area contributed by atoms with E-state index in [1.54, 1.807) is 36.4 Å². The largest absolute Gasteiger partial charge is 0.379 e. The third-order valence-electron chi connectivity index (χ3n) is 5.07. The molecule has 1 aliphatic rings. The number of benzene rings is 3. The maximum absolute atomic E-state index is 13.0. The van der Waals surface area contributed by atoms with Crippen LogP contribution >= 0.6 is 0 Å². The summed E-state index contributed by atoms with van der Waals surface area (Å²) >= 11 is 0. The molecule has 0 radical (unpaired) electrons. The van der Waals surface area contributed by atoms with Crippen LogP contribution in [0.15, 0.2) is 89.8 Å². The number of halogens is 1. The van der Waals surface area contributed by atoms with Crippen molar-refractivity contribution in [1.29, 1.82) is 0 Å². The van der Waals surface area contributed by atoms with Gasteiger partial charge in [-0.1, -0.05) is 42.5 Å². The van der Waals surface area contributed by atoms with E-state index in [2.05, 4.69) is 0 Å². The highest BCUT2D eigenvalue weighted by atomic mass is 32.2. The van der Waals surface area contributed by atoms with Gasteiger partial charge in [-0.2, -0.15) is 8.42 Å². The van der Waals surface area contributed by atoms with Crippen LogP contribution in [0.5, 0.6) is 5.75 Å². The summed E-state index contributed by atoms with van der Waals surface area (Å²) < 4.78 is 42.9. The SMILES string of the molecule is O=C(/C=C/c1ccccc1)N(Cc1ccc(OS(=O)(=O)c2ccc(F)cc2)cc1)C1CC1. The summed E-state index contributed by atoms with van der Waals surface area (Å²) in [6.45, 7) is 0.424. The van der Waals surface area contributed by atoms with Crippen LogP contribution in [0.2, 0.25) is 0 Å². The average molecular weight is 452 g/mol. The van der Waals surface area contributed by atoms with Gasteiger partial charge in [-0.15, -0.1) is 0 Å². The standard InChI is InChI=1S/C25H22FNO4S/c26-21-9-15-24(16-10-21)32(29,30)31-23-13-6-20(7-14-23)18-27(22-11-12-22)25(28)17-8-19-4-2-1-3-5-19/h1-10,13-17,22H,11-12,18H2/b17-8+. The van der Waals surface area contributed by atoms with Crippen LogP contribution in [-0.4, -0.2) is 25.3 Å². The van der Waals surface area contributed by atoms with Crippen LogP contribution in [-0.2, 0) is 21.5 Å². The Kier molecular flexibility index (Phi) is 6.37. The quantitative estimate of drug-likeness (QED) is 0.365. The second-order valence-corrected chi connectivity index (χ2v) is 9.12. The fourth-order valence-corrected chi connectivity index (χ4v) is 4.15. The van der Waals surface area contributed by atoms with Crippen LogP contribution < -0.4 is 4.18 Å². The minimum atomic E-state index is -4.06. The van der Waals surface area contributed by atoms with Crippen LogP contribution in [0.3, 0.4) is 0 Å². The van der Waals surface area contributed by atoms with E-state index in [0.717, 1.165) is 48.2 Å². The molecule has 4 rings (SSSR count). The van der Waals surface area contributed by atoms with E-state index in [1.165, 1.54) is 0 Å². The van der Waals surface area contributed by atoms with E-state index in [9.17, 15) is 17.6 Å². The zero-order valence-corrected chi connectivity index (χ0v) is 18.0. The Morgan fingerprint density at radius 3 is 2.25 bits per heavy atom. The van der Waals surface area contributed by atoms with Crippen molar-refractivity contribution in [2.24, 2.45) is 0 Å². The molecule has 32 heavy (non-hydrogen) atoms. The molecule has 0 heterocycles. The summed E-state index contributed by atoms with van der Waals surface area (Å²) in [4.78, 5) is 14.4. The summed E-state index contributed by atoms with van der Waals surface area (Å²) in [7, 11) is -4.06. The van der Waals surface area contributed by atoms with Crippen LogP contribution in [0.1, 0.15) is 24.0 Å². The Balaban J connectivity index is 1.42. The van der Waals surface area contributed by atoms with Gasteiger partial charge < -0.3 is 9.08 Å². The first-order chi connectivity index (χ1) is 15.4. The zero-order valence-electron chi connectivity index (χ0n) is 17.2. The Hall–Kier alpha value is -3.45. The van der Waals surface area contributed by atoms with E-state index < -0.39 is 15.9 Å².